The lowest BCUT2D eigenvalue weighted by Crippen LogP contribution is -2.34. The number of nitrogens with one attached hydrogen (secondary N) is 2. The number of hydrogen-bond acceptors (Lipinski definition) is 21. The fourth-order valence-corrected chi connectivity index (χ4v) is 18.7. The number of likely N-dealkylation sites (tertiary alicyclic amines) is 1. The molecule has 2 saturated carbocycles. The molecule has 2 unspecified atom stereocenters. The number of aromatic nitrogens is 14. The smallest absolute Gasteiger partial charge is 0.291 e. The van der Waals surface area contributed by atoms with Gasteiger partial charge in [-0.15, -0.1) is 28.1 Å². The number of phenols is 1. The molecule has 718 valence electrons. The number of benzene rings is 6. The van der Waals surface area contributed by atoms with Crippen LogP contribution in [0.3, 0.4) is 0 Å². The highest BCUT2D eigenvalue weighted by molar-refractivity contribution is 7.10. The summed E-state index contributed by atoms with van der Waals surface area (Å²) < 4.78 is 26.7. The van der Waals surface area contributed by atoms with E-state index in [9.17, 15) is 24.3 Å². The molecule has 16 aromatic rings. The predicted octanol–water partition coefficient (Wildman–Crippen LogP) is 21.0. The summed E-state index contributed by atoms with van der Waals surface area (Å²) in [7, 11) is 5.48. The topological polar surface area (TPSA) is 320 Å². The van der Waals surface area contributed by atoms with E-state index in [0.29, 0.717) is 91.4 Å². The molecule has 3 fully saturated rings. The van der Waals surface area contributed by atoms with Gasteiger partial charge in [-0.25, -0.2) is 19.6 Å². The summed E-state index contributed by atoms with van der Waals surface area (Å²) >= 11 is 1.79. The van der Waals surface area contributed by atoms with Crippen LogP contribution in [0.4, 0.5) is 5.69 Å². The first-order valence-corrected chi connectivity index (χ1v) is 48.8. The first-order valence-electron chi connectivity index (χ1n) is 48.0. The highest BCUT2D eigenvalue weighted by Crippen LogP contribution is 2.41. The number of ether oxygens (including phenoxy) is 1. The Bertz CT molecular complexity index is 7070. The normalized spacial score (nSPS) is 14.7. The zero-order valence-corrected chi connectivity index (χ0v) is 81.6. The number of hydrogen-bond donors (Lipinski definition) is 3. The summed E-state index contributed by atoms with van der Waals surface area (Å²) in [4.78, 5) is 86.3. The maximum absolute atomic E-state index is 13.1. The number of thiophene rings is 1. The Kier molecular flexibility index (Phi) is 32.7. The summed E-state index contributed by atoms with van der Waals surface area (Å²) in [6, 6.07) is 64.6. The summed E-state index contributed by atoms with van der Waals surface area (Å²) in [5.74, 6) is 7.39. The molecule has 2 aliphatic carbocycles. The van der Waals surface area contributed by atoms with E-state index < -0.39 is 0 Å². The van der Waals surface area contributed by atoms with Crippen molar-refractivity contribution >= 4 is 96.7 Å². The number of furan rings is 2. The molecule has 6 aromatic carbocycles. The molecule has 3 N–H and O–H groups in total. The highest BCUT2D eigenvalue weighted by Gasteiger charge is 2.36. The van der Waals surface area contributed by atoms with Crippen LogP contribution < -0.4 is 20.9 Å². The number of pyridine rings is 2. The Morgan fingerprint density at radius 3 is 2.19 bits per heavy atom. The average molecular weight is 1890 g/mol. The zero-order valence-electron chi connectivity index (χ0n) is 80.8. The fraction of sp³-hybridized carbons (Fsp3) is 0.306. The van der Waals surface area contributed by atoms with Gasteiger partial charge in [0.05, 0.1) is 72.9 Å². The largest absolute Gasteiger partial charge is 0.504 e. The number of imidazole rings is 2. The van der Waals surface area contributed by atoms with Crippen molar-refractivity contribution in [3.8, 4) is 22.8 Å². The summed E-state index contributed by atoms with van der Waals surface area (Å²) in [5.41, 5.74) is 12.6. The van der Waals surface area contributed by atoms with Gasteiger partial charge in [-0.3, -0.25) is 48.7 Å². The Labute approximate surface area is 819 Å². The second kappa shape index (κ2) is 46.7. The van der Waals surface area contributed by atoms with Crippen LogP contribution in [-0.4, -0.2) is 140 Å². The lowest BCUT2D eigenvalue weighted by Gasteiger charge is -2.24. The van der Waals surface area contributed by atoms with Crippen molar-refractivity contribution in [2.45, 2.75) is 169 Å². The second-order valence-corrected chi connectivity index (χ2v) is 37.4. The molecule has 3 aliphatic heterocycles. The van der Waals surface area contributed by atoms with Crippen molar-refractivity contribution in [1.29, 1.82) is 0 Å². The molecule has 1 saturated heterocycles. The fourth-order valence-electron chi connectivity index (χ4n) is 17.9. The number of anilines is 1. The minimum Gasteiger partial charge on any atom is -0.504 e. The van der Waals surface area contributed by atoms with E-state index in [2.05, 4.69) is 188 Å². The quantitative estimate of drug-likeness (QED) is 0.0384. The summed E-state index contributed by atoms with van der Waals surface area (Å²) in [6.45, 7) is 20.1. The van der Waals surface area contributed by atoms with Crippen molar-refractivity contribution in [2.24, 2.45) is 41.8 Å². The Morgan fingerprint density at radius 2 is 1.46 bits per heavy atom. The van der Waals surface area contributed by atoms with Crippen molar-refractivity contribution in [1.82, 2.24) is 83.5 Å². The standard InChI is InChI=1S/C23H25N5O.C20H19NO2.C19H13N3O2.C18H29N5O2.C17H19N3O.C14H15N3S/c1-16(2)13-21-24-22(27(3)26-21)15-28-23(29)19-12-8-7-11-18(19)20(25-28)14-17-9-5-4-6-10-17;1-3-7-15-12-16(13-18(23-2)20(15)22)17-10-11-21-19(17)14-8-5-4-6-9-14;23-19(22-14-6-3-10-20-12-14)17-9-8-16(24-17)15-7-1-4-13-5-2-11-21-18(13)15;1-13(2)10-22-11-14(8-17(22)24)18(25)19-9-16-21-20-12-23(16)15-6-4-3-5-7-15;1-19-9-8-18-17(19)12-20(14-6-7-14)11-15-10-13-4-2-3-5-16(13)21-15;1-10-12(5-6-15-10)14-16-7-8-17(14)11(2)13-4-3-9-18-13/h4-12,16H,13-15H2,1-3H3;3-6,8-9,11-13,22H,1,7,10H2,2H3;1-12H,(H,22,23);12-15H,3-11H2,1-2H3,(H,19,25);2-5,8-10,14H,6-7,11-12H2,1H3;3-4,6-9,11H,5H2,1-2H3. The SMILES string of the molecule is C=CCc1cc(C2=C(c3ccccc3)N=CC2)cc(OC)c1O.CC(C)CN1CC(C(=O)NCc2nncn2C2CCCCC2)CC1=O.CC(C)Cc1nc(Cn2nc(Cc3ccccc3)c3ccccc3c2=O)n(C)n1.CC1=C(c2nccn2C(C)c2cccs2)CC=N1.Cn1ccnc1CN(Cc1cc2ccccc2o1)C1CC1.O=C(Nc1cccnc1)c1ccc(-c2cccc3cccnc23)o1. The molecular weight excluding hydrogens is 1770 g/mol. The van der Waals surface area contributed by atoms with Crippen LogP contribution in [0.1, 0.15) is 196 Å². The van der Waals surface area contributed by atoms with Crippen LogP contribution in [0.2, 0.25) is 0 Å². The monoisotopic (exact) mass is 1890 g/mol. The molecule has 28 nitrogen and oxygen atoms in total. The van der Waals surface area contributed by atoms with Gasteiger partial charge in [-0.1, -0.05) is 174 Å². The van der Waals surface area contributed by atoms with Gasteiger partial charge in [0.2, 0.25) is 11.8 Å². The van der Waals surface area contributed by atoms with E-state index >= 15 is 0 Å². The minimum absolute atomic E-state index is 0.0576. The minimum atomic E-state index is -0.317. The average Bonchev–Trinajstić information content (AvgIpc) is 1.13. The molecule has 21 rings (SSSR count). The number of aliphatic imine (C=N–C) groups is 2. The molecule has 29 heteroatoms. The van der Waals surface area contributed by atoms with Crippen molar-refractivity contribution in [3.63, 3.8) is 0 Å². The third-order valence-electron chi connectivity index (χ3n) is 25.2. The maximum atomic E-state index is 13.1. The number of fused-ring (bicyclic) bond motifs is 3. The number of allylic oxidation sites excluding steroid dienone is 4. The van der Waals surface area contributed by atoms with Gasteiger partial charge >= 0.3 is 0 Å². The lowest BCUT2D eigenvalue weighted by atomic mass is 9.95. The molecule has 13 heterocycles. The predicted molar refractivity (Wildman–Crippen MR) is 552 cm³/mol. The Balaban J connectivity index is 0.000000122. The van der Waals surface area contributed by atoms with E-state index in [0.717, 1.165) is 159 Å². The van der Waals surface area contributed by atoms with Crippen LogP contribution in [0.5, 0.6) is 11.5 Å². The number of nitrogens with zero attached hydrogens (tertiary/aromatic N) is 18. The first-order chi connectivity index (χ1) is 68.2. The molecule has 140 heavy (non-hydrogen) atoms. The molecule has 10 aromatic heterocycles. The molecule has 0 bridgehead atoms. The van der Waals surface area contributed by atoms with Crippen molar-refractivity contribution in [2.75, 3.05) is 25.5 Å². The van der Waals surface area contributed by atoms with Crippen LogP contribution in [0.25, 0.3) is 60.8 Å². The van der Waals surface area contributed by atoms with Gasteiger partial charge in [0.1, 0.15) is 47.4 Å². The molecule has 0 radical (unpaired) electrons. The summed E-state index contributed by atoms with van der Waals surface area (Å²) in [5, 5.41) is 39.3. The number of aryl methyl sites for hydroxylation is 2. The van der Waals surface area contributed by atoms with Gasteiger partial charge in [-0.05, 0) is 153 Å². The summed E-state index contributed by atoms with van der Waals surface area (Å²) in [6.07, 6.45) is 32.9. The molecule has 3 amide bonds. The number of rotatable bonds is 28. The molecular formula is C111H120N20O8S. The van der Waals surface area contributed by atoms with Gasteiger partial charge in [-0.2, -0.15) is 10.2 Å². The Hall–Kier alpha value is -15.2. The van der Waals surface area contributed by atoms with E-state index in [1.165, 1.54) is 52.6 Å². The van der Waals surface area contributed by atoms with Crippen LogP contribution in [0, 0.1) is 17.8 Å². The third-order valence-corrected chi connectivity index (χ3v) is 26.3. The lowest BCUT2D eigenvalue weighted by molar-refractivity contribution is -0.129. The zero-order chi connectivity index (χ0) is 97.5. The van der Waals surface area contributed by atoms with Crippen molar-refractivity contribution in [3.05, 3.63) is 351 Å². The molecule has 5 aliphatic rings. The first kappa shape index (κ1) is 97.8. The van der Waals surface area contributed by atoms with E-state index in [1.807, 2.05) is 166 Å². The van der Waals surface area contributed by atoms with E-state index in [4.69, 9.17) is 18.7 Å². The van der Waals surface area contributed by atoms with Crippen LogP contribution >= 0.6 is 11.3 Å². The van der Waals surface area contributed by atoms with E-state index in [-0.39, 0.29) is 40.7 Å². The second-order valence-electron chi connectivity index (χ2n) is 36.4. The number of methoxy groups -OCH3 is 1. The van der Waals surface area contributed by atoms with Crippen LogP contribution in [0.15, 0.2) is 291 Å². The van der Waals surface area contributed by atoms with E-state index in [1.54, 1.807) is 83.3 Å². The number of para-hydroxylation sites is 2. The van der Waals surface area contributed by atoms with Gasteiger partial charge < -0.3 is 47.9 Å². The van der Waals surface area contributed by atoms with Crippen molar-refractivity contribution < 1.29 is 33.1 Å². The Morgan fingerprint density at radius 1 is 0.707 bits per heavy atom. The maximum Gasteiger partial charge on any atom is 0.291 e. The number of carbonyl (C=O) groups is 3. The number of phenolic OH excluding ortho intramolecular Hbond substituents is 1. The van der Waals surface area contributed by atoms with Gasteiger partial charge in [0.15, 0.2) is 28.9 Å². The molecule has 0 spiro atoms. The highest BCUT2D eigenvalue weighted by atomic mass is 32.1. The van der Waals surface area contributed by atoms with Gasteiger partial charge in [0, 0.05) is 170 Å². The number of carbonyl (C=O) groups excluding carboxylic acids is 3. The molecule has 2 atom stereocenters. The van der Waals surface area contributed by atoms with Gasteiger partial charge in [0.25, 0.3) is 11.5 Å². The number of aromatic hydroxyl groups is 1. The van der Waals surface area contributed by atoms with Crippen LogP contribution in [-0.2, 0) is 69.1 Å². The number of amides is 3. The third kappa shape index (κ3) is 24.8.